The predicted molar refractivity (Wildman–Crippen MR) is 84.0 cm³/mol. The second-order valence-electron chi connectivity index (χ2n) is 4.51. The van der Waals surface area contributed by atoms with Crippen LogP contribution < -0.4 is 9.47 Å². The molecular weight excluding hydrogens is 296 g/mol. The molecule has 1 aromatic heterocycles. The van der Waals surface area contributed by atoms with Crippen molar-refractivity contribution in [2.75, 3.05) is 13.7 Å². The third-order valence-corrected chi connectivity index (χ3v) is 2.90. The number of hydrogen-bond donors (Lipinski definition) is 1. The Hall–Kier alpha value is -3.33. The highest BCUT2D eigenvalue weighted by Gasteiger charge is 2.06. The Kier molecular flexibility index (Phi) is 5.31. The van der Waals surface area contributed by atoms with Gasteiger partial charge in [0, 0.05) is 6.20 Å². The first-order valence-corrected chi connectivity index (χ1v) is 6.69. The molecule has 0 amide bonds. The smallest absolute Gasteiger partial charge is 0.341 e. The first kappa shape index (κ1) is 16.0. The van der Waals surface area contributed by atoms with Crippen molar-refractivity contribution in [3.8, 4) is 17.6 Å². The third-order valence-electron chi connectivity index (χ3n) is 2.90. The Balaban J connectivity index is 2.14. The lowest BCUT2D eigenvalue weighted by molar-refractivity contribution is -0.139. The molecule has 2 aromatic rings. The number of benzene rings is 1. The predicted octanol–water partition coefficient (Wildman–Crippen LogP) is 2.60. The van der Waals surface area contributed by atoms with Crippen LogP contribution in [0.2, 0.25) is 0 Å². The molecule has 0 atom stereocenters. The number of hydrogen-bond acceptors (Lipinski definition) is 5. The number of pyridine rings is 1. The Morgan fingerprint density at radius 1 is 1.30 bits per heavy atom. The summed E-state index contributed by atoms with van der Waals surface area (Å²) in [7, 11) is 1.48. The Bertz CT molecular complexity index is 761. The van der Waals surface area contributed by atoms with E-state index in [1.54, 1.807) is 36.4 Å². The summed E-state index contributed by atoms with van der Waals surface area (Å²) in [6.45, 7) is -0.430. The van der Waals surface area contributed by atoms with E-state index in [4.69, 9.17) is 19.8 Å². The van der Waals surface area contributed by atoms with Crippen LogP contribution in [0.15, 0.2) is 36.5 Å². The van der Waals surface area contributed by atoms with Gasteiger partial charge in [0.25, 0.3) is 0 Å². The molecule has 1 N–H and O–H groups in total. The monoisotopic (exact) mass is 310 g/mol. The van der Waals surface area contributed by atoms with Gasteiger partial charge in [0.15, 0.2) is 18.1 Å². The van der Waals surface area contributed by atoms with Crippen LogP contribution in [0.5, 0.6) is 11.5 Å². The molecular formula is C17H14N2O4. The molecule has 6 nitrogen and oxygen atoms in total. The van der Waals surface area contributed by atoms with E-state index in [0.717, 1.165) is 5.56 Å². The maximum absolute atomic E-state index is 10.5. The van der Waals surface area contributed by atoms with Crippen molar-refractivity contribution >= 4 is 18.1 Å². The van der Waals surface area contributed by atoms with E-state index in [1.807, 2.05) is 12.1 Å². The second-order valence-corrected chi connectivity index (χ2v) is 4.51. The zero-order valence-corrected chi connectivity index (χ0v) is 12.4. The summed E-state index contributed by atoms with van der Waals surface area (Å²) in [6, 6.07) is 10.6. The van der Waals surface area contributed by atoms with E-state index in [9.17, 15) is 4.79 Å². The van der Waals surface area contributed by atoms with E-state index in [-0.39, 0.29) is 0 Å². The lowest BCUT2D eigenvalue weighted by Gasteiger charge is -2.09. The lowest BCUT2D eigenvalue weighted by atomic mass is 10.1. The quantitative estimate of drug-likeness (QED) is 0.881. The first-order chi connectivity index (χ1) is 11.1. The van der Waals surface area contributed by atoms with Crippen molar-refractivity contribution in [2.45, 2.75) is 0 Å². The summed E-state index contributed by atoms with van der Waals surface area (Å²) in [5, 5.41) is 17.4. The number of carboxylic acids is 1. The fourth-order valence-electron chi connectivity index (χ4n) is 1.80. The number of ether oxygens (including phenoxy) is 2. The standard InChI is InChI=1S/C17H14N2O4/c1-22-16-8-12(4-7-15(16)23-11-17(20)21)2-5-14-6-3-13(9-18)10-19-14/h2-8,10H,11H2,1H3,(H,20,21)/b5-2+. The molecule has 2 rings (SSSR count). The van der Waals surface area contributed by atoms with Crippen LogP contribution in [0.1, 0.15) is 16.8 Å². The van der Waals surface area contributed by atoms with Crippen LogP contribution in [0.25, 0.3) is 12.2 Å². The van der Waals surface area contributed by atoms with Crippen molar-refractivity contribution in [3.05, 3.63) is 53.3 Å². The van der Waals surface area contributed by atoms with Crippen molar-refractivity contribution < 1.29 is 19.4 Å². The first-order valence-electron chi connectivity index (χ1n) is 6.69. The minimum Gasteiger partial charge on any atom is -0.493 e. The van der Waals surface area contributed by atoms with Crippen molar-refractivity contribution in [1.82, 2.24) is 4.98 Å². The molecule has 0 aliphatic rings. The van der Waals surface area contributed by atoms with Gasteiger partial charge in [0.2, 0.25) is 0 Å². The summed E-state index contributed by atoms with van der Waals surface area (Å²) < 4.78 is 10.3. The van der Waals surface area contributed by atoms with Crippen molar-refractivity contribution in [1.29, 1.82) is 5.26 Å². The van der Waals surface area contributed by atoms with Gasteiger partial charge < -0.3 is 14.6 Å². The number of nitriles is 1. The topological polar surface area (TPSA) is 92.4 Å². The van der Waals surface area contributed by atoms with Gasteiger partial charge in [-0.15, -0.1) is 0 Å². The normalized spacial score (nSPS) is 10.3. The second kappa shape index (κ2) is 7.61. The fourth-order valence-corrected chi connectivity index (χ4v) is 1.80. The molecule has 0 fully saturated rings. The molecule has 0 unspecified atom stereocenters. The summed E-state index contributed by atoms with van der Waals surface area (Å²) in [5.41, 5.74) is 2.06. The lowest BCUT2D eigenvalue weighted by Crippen LogP contribution is -2.10. The maximum Gasteiger partial charge on any atom is 0.341 e. The van der Waals surface area contributed by atoms with Gasteiger partial charge >= 0.3 is 5.97 Å². The molecule has 0 bridgehead atoms. The van der Waals surface area contributed by atoms with Gasteiger partial charge in [0.05, 0.1) is 18.4 Å². The number of nitrogens with zero attached hydrogens (tertiary/aromatic N) is 2. The van der Waals surface area contributed by atoms with Gasteiger partial charge in [-0.2, -0.15) is 5.26 Å². The molecule has 6 heteroatoms. The van der Waals surface area contributed by atoms with Crippen LogP contribution in [0.3, 0.4) is 0 Å². The van der Waals surface area contributed by atoms with Crippen LogP contribution in [0.4, 0.5) is 0 Å². The molecule has 116 valence electrons. The molecule has 1 aromatic carbocycles. The zero-order valence-electron chi connectivity index (χ0n) is 12.4. The number of rotatable bonds is 6. The SMILES string of the molecule is COc1cc(/C=C/c2ccc(C#N)cn2)ccc1OCC(=O)O. The Morgan fingerprint density at radius 2 is 2.13 bits per heavy atom. The van der Waals surface area contributed by atoms with E-state index in [2.05, 4.69) is 4.98 Å². The highest BCUT2D eigenvalue weighted by molar-refractivity contribution is 5.70. The van der Waals surface area contributed by atoms with Gasteiger partial charge in [0.1, 0.15) is 6.07 Å². The summed E-state index contributed by atoms with van der Waals surface area (Å²) >= 11 is 0. The van der Waals surface area contributed by atoms with Crippen LogP contribution in [0, 0.1) is 11.3 Å². The maximum atomic E-state index is 10.5. The van der Waals surface area contributed by atoms with E-state index >= 15 is 0 Å². The summed E-state index contributed by atoms with van der Waals surface area (Å²) in [5.74, 6) is -0.243. The van der Waals surface area contributed by atoms with Crippen LogP contribution >= 0.6 is 0 Å². The Labute approximate surface area is 133 Å². The van der Waals surface area contributed by atoms with E-state index in [0.29, 0.717) is 22.8 Å². The third kappa shape index (κ3) is 4.58. The molecule has 0 saturated carbocycles. The molecule has 0 aliphatic carbocycles. The number of aromatic nitrogens is 1. The largest absolute Gasteiger partial charge is 0.493 e. The van der Waals surface area contributed by atoms with Gasteiger partial charge in [-0.05, 0) is 35.9 Å². The Morgan fingerprint density at radius 3 is 2.74 bits per heavy atom. The van der Waals surface area contributed by atoms with Crippen molar-refractivity contribution in [3.63, 3.8) is 0 Å². The minimum absolute atomic E-state index is 0.364. The highest BCUT2D eigenvalue weighted by Crippen LogP contribution is 2.28. The zero-order chi connectivity index (χ0) is 16.7. The van der Waals surface area contributed by atoms with Crippen LogP contribution in [-0.2, 0) is 4.79 Å². The summed E-state index contributed by atoms with van der Waals surface area (Å²) in [4.78, 5) is 14.7. The number of carboxylic acid groups (broad SMARTS) is 1. The number of aliphatic carboxylic acids is 1. The number of methoxy groups -OCH3 is 1. The van der Waals surface area contributed by atoms with Gasteiger partial charge in [-0.3, -0.25) is 4.98 Å². The molecule has 0 aliphatic heterocycles. The molecule has 1 heterocycles. The van der Waals surface area contributed by atoms with E-state index in [1.165, 1.54) is 13.3 Å². The summed E-state index contributed by atoms with van der Waals surface area (Å²) in [6.07, 6.45) is 5.13. The molecule has 0 saturated heterocycles. The average molecular weight is 310 g/mol. The minimum atomic E-state index is -1.05. The highest BCUT2D eigenvalue weighted by atomic mass is 16.5. The molecule has 0 spiro atoms. The number of carbonyl (C=O) groups is 1. The molecule has 0 radical (unpaired) electrons. The average Bonchev–Trinajstić information content (AvgIpc) is 2.58. The van der Waals surface area contributed by atoms with E-state index < -0.39 is 12.6 Å². The van der Waals surface area contributed by atoms with Crippen molar-refractivity contribution in [2.24, 2.45) is 0 Å². The fraction of sp³-hybridized carbons (Fsp3) is 0.118. The van der Waals surface area contributed by atoms with Gasteiger partial charge in [-0.1, -0.05) is 12.1 Å². The molecule has 23 heavy (non-hydrogen) atoms. The van der Waals surface area contributed by atoms with Gasteiger partial charge in [-0.25, -0.2) is 4.79 Å². The van der Waals surface area contributed by atoms with Crippen LogP contribution in [-0.4, -0.2) is 29.8 Å².